The first-order chi connectivity index (χ1) is 8.61. The zero-order valence-electron chi connectivity index (χ0n) is 9.25. The SMILES string of the molecule is O=S(=O)(c1cc(Cl)c(Br)s1)N(CC(F)(F)F)C1CC1. The van der Waals surface area contributed by atoms with Crippen molar-refractivity contribution >= 4 is 48.9 Å². The summed E-state index contributed by atoms with van der Waals surface area (Å²) in [6.45, 7) is -1.47. The molecule has 0 N–H and O–H groups in total. The highest BCUT2D eigenvalue weighted by Crippen LogP contribution is 2.40. The summed E-state index contributed by atoms with van der Waals surface area (Å²) in [6.07, 6.45) is -3.65. The van der Waals surface area contributed by atoms with Crippen molar-refractivity contribution in [3.05, 3.63) is 14.9 Å². The van der Waals surface area contributed by atoms with Gasteiger partial charge in [0.25, 0.3) is 10.0 Å². The van der Waals surface area contributed by atoms with Gasteiger partial charge >= 0.3 is 6.18 Å². The first-order valence-electron chi connectivity index (χ1n) is 5.15. The second kappa shape index (κ2) is 5.18. The molecule has 2 rings (SSSR count). The number of hydrogen-bond donors (Lipinski definition) is 0. The Balaban J connectivity index is 2.34. The second-order valence-corrected chi connectivity index (χ2v) is 8.98. The minimum absolute atomic E-state index is 0.173. The van der Waals surface area contributed by atoms with Gasteiger partial charge < -0.3 is 0 Å². The fraction of sp³-hybridized carbons (Fsp3) is 0.556. The molecule has 1 aromatic rings. The molecule has 0 amide bonds. The van der Waals surface area contributed by atoms with Crippen LogP contribution in [0.3, 0.4) is 0 Å². The van der Waals surface area contributed by atoms with Crippen LogP contribution in [0, 0.1) is 0 Å². The quantitative estimate of drug-likeness (QED) is 0.772. The molecule has 1 fully saturated rings. The molecule has 0 radical (unpaired) electrons. The number of rotatable bonds is 4. The number of halogens is 5. The predicted molar refractivity (Wildman–Crippen MR) is 70.0 cm³/mol. The molecule has 10 heteroatoms. The van der Waals surface area contributed by atoms with Crippen molar-refractivity contribution in [3.63, 3.8) is 0 Å². The third-order valence-corrected chi connectivity index (χ3v) is 7.30. The molecule has 1 aliphatic carbocycles. The van der Waals surface area contributed by atoms with Gasteiger partial charge in [-0.1, -0.05) is 11.6 Å². The highest BCUT2D eigenvalue weighted by Gasteiger charge is 2.45. The van der Waals surface area contributed by atoms with Crippen molar-refractivity contribution < 1.29 is 21.6 Å². The molecule has 19 heavy (non-hydrogen) atoms. The lowest BCUT2D eigenvalue weighted by Gasteiger charge is -2.22. The van der Waals surface area contributed by atoms with E-state index in [1.54, 1.807) is 0 Å². The number of sulfonamides is 1. The molecule has 0 bridgehead atoms. The van der Waals surface area contributed by atoms with Crippen molar-refractivity contribution in [2.75, 3.05) is 6.54 Å². The molecular weight excluding hydrogens is 391 g/mol. The predicted octanol–water partition coefficient (Wildman–Crippen LogP) is 3.88. The summed E-state index contributed by atoms with van der Waals surface area (Å²) in [6, 6.07) is 0.600. The van der Waals surface area contributed by atoms with Crippen LogP contribution in [-0.2, 0) is 10.0 Å². The van der Waals surface area contributed by atoms with E-state index in [-0.39, 0.29) is 9.23 Å². The van der Waals surface area contributed by atoms with Crippen molar-refractivity contribution in [2.45, 2.75) is 29.3 Å². The van der Waals surface area contributed by atoms with E-state index in [1.165, 1.54) is 0 Å². The summed E-state index contributed by atoms with van der Waals surface area (Å²) in [5, 5.41) is 0.173. The van der Waals surface area contributed by atoms with E-state index in [0.29, 0.717) is 20.9 Å². The molecular formula is C9H8BrClF3NO2S2. The molecule has 3 nitrogen and oxygen atoms in total. The Labute approximate surface area is 125 Å². The average Bonchev–Trinajstić information content (AvgIpc) is 3.02. The minimum Gasteiger partial charge on any atom is -0.206 e. The maximum Gasteiger partial charge on any atom is 0.402 e. The molecule has 108 valence electrons. The summed E-state index contributed by atoms with van der Waals surface area (Å²) >= 11 is 9.59. The van der Waals surface area contributed by atoms with Gasteiger partial charge in [0.2, 0.25) is 0 Å². The van der Waals surface area contributed by atoms with Gasteiger partial charge in [0.15, 0.2) is 0 Å². The lowest BCUT2D eigenvalue weighted by Crippen LogP contribution is -2.40. The molecule has 1 aromatic heterocycles. The Kier molecular flexibility index (Phi) is 4.24. The van der Waals surface area contributed by atoms with Crippen LogP contribution in [0.5, 0.6) is 0 Å². The van der Waals surface area contributed by atoms with E-state index in [0.717, 1.165) is 17.4 Å². The van der Waals surface area contributed by atoms with Crippen LogP contribution in [-0.4, -0.2) is 31.5 Å². The highest BCUT2D eigenvalue weighted by atomic mass is 79.9. The number of thiophene rings is 1. The van der Waals surface area contributed by atoms with E-state index in [2.05, 4.69) is 15.9 Å². The normalized spacial score (nSPS) is 17.2. The average molecular weight is 399 g/mol. The fourth-order valence-corrected chi connectivity index (χ4v) is 5.72. The van der Waals surface area contributed by atoms with Crippen LogP contribution in [0.4, 0.5) is 13.2 Å². The smallest absolute Gasteiger partial charge is 0.206 e. The van der Waals surface area contributed by atoms with Gasteiger partial charge in [0.1, 0.15) is 10.8 Å². The summed E-state index contributed by atoms with van der Waals surface area (Å²) in [7, 11) is -4.16. The zero-order chi connectivity index (χ0) is 14.4. The van der Waals surface area contributed by atoms with Crippen molar-refractivity contribution in [2.24, 2.45) is 0 Å². The molecule has 1 saturated carbocycles. The van der Waals surface area contributed by atoms with Crippen LogP contribution in [0.2, 0.25) is 5.02 Å². The van der Waals surface area contributed by atoms with Gasteiger partial charge in [-0.2, -0.15) is 17.5 Å². The third kappa shape index (κ3) is 3.63. The van der Waals surface area contributed by atoms with Gasteiger partial charge in [-0.15, -0.1) is 11.3 Å². The Hall–Kier alpha value is 0.170. The first-order valence-corrected chi connectivity index (χ1v) is 8.57. The van der Waals surface area contributed by atoms with E-state index in [9.17, 15) is 21.6 Å². The van der Waals surface area contributed by atoms with Crippen LogP contribution in [0.25, 0.3) is 0 Å². The van der Waals surface area contributed by atoms with E-state index in [1.807, 2.05) is 0 Å². The van der Waals surface area contributed by atoms with E-state index >= 15 is 0 Å². The number of nitrogens with zero attached hydrogens (tertiary/aromatic N) is 1. The van der Waals surface area contributed by atoms with Gasteiger partial charge in [0, 0.05) is 6.04 Å². The van der Waals surface area contributed by atoms with Crippen molar-refractivity contribution in [1.82, 2.24) is 4.31 Å². The fourth-order valence-electron chi connectivity index (χ4n) is 1.52. The van der Waals surface area contributed by atoms with Crippen LogP contribution >= 0.6 is 38.9 Å². The molecule has 1 aliphatic rings. The number of alkyl halides is 3. The van der Waals surface area contributed by atoms with Crippen LogP contribution in [0.15, 0.2) is 14.1 Å². The van der Waals surface area contributed by atoms with Crippen LogP contribution < -0.4 is 0 Å². The summed E-state index contributed by atoms with van der Waals surface area (Å²) in [5.41, 5.74) is 0. The molecule has 0 unspecified atom stereocenters. The van der Waals surface area contributed by atoms with Crippen molar-refractivity contribution in [3.8, 4) is 0 Å². The Morgan fingerprint density at radius 2 is 2.05 bits per heavy atom. The molecule has 0 spiro atoms. The Morgan fingerprint density at radius 1 is 1.47 bits per heavy atom. The van der Waals surface area contributed by atoms with Gasteiger partial charge in [-0.3, -0.25) is 0 Å². The maximum absolute atomic E-state index is 12.5. The molecule has 0 aromatic carbocycles. The molecule has 0 aliphatic heterocycles. The molecule has 1 heterocycles. The topological polar surface area (TPSA) is 37.4 Å². The first kappa shape index (κ1) is 15.6. The molecule has 0 atom stereocenters. The van der Waals surface area contributed by atoms with E-state index < -0.39 is 28.8 Å². The van der Waals surface area contributed by atoms with Gasteiger partial charge in [-0.05, 0) is 34.8 Å². The second-order valence-electron chi connectivity index (χ2n) is 4.08. The summed E-state index contributed by atoms with van der Waals surface area (Å²) in [4.78, 5) is 0. The summed E-state index contributed by atoms with van der Waals surface area (Å²) < 4.78 is 62.6. The largest absolute Gasteiger partial charge is 0.402 e. The Bertz CT molecular complexity index is 563. The van der Waals surface area contributed by atoms with E-state index in [4.69, 9.17) is 11.6 Å². The van der Waals surface area contributed by atoms with Crippen LogP contribution in [0.1, 0.15) is 12.8 Å². The zero-order valence-corrected chi connectivity index (χ0v) is 13.2. The van der Waals surface area contributed by atoms with Gasteiger partial charge in [0.05, 0.1) is 8.81 Å². The Morgan fingerprint density at radius 3 is 2.42 bits per heavy atom. The lowest BCUT2D eigenvalue weighted by molar-refractivity contribution is -0.136. The third-order valence-electron chi connectivity index (χ3n) is 2.47. The van der Waals surface area contributed by atoms with Crippen molar-refractivity contribution in [1.29, 1.82) is 0 Å². The van der Waals surface area contributed by atoms with Gasteiger partial charge in [-0.25, -0.2) is 8.42 Å². The summed E-state index contributed by atoms with van der Waals surface area (Å²) in [5.74, 6) is 0. The monoisotopic (exact) mass is 397 g/mol. The molecule has 0 saturated heterocycles. The highest BCUT2D eigenvalue weighted by molar-refractivity contribution is 9.11. The lowest BCUT2D eigenvalue weighted by atomic mass is 10.6. The number of hydrogen-bond acceptors (Lipinski definition) is 3. The minimum atomic E-state index is -4.56. The standard InChI is InChI=1S/C9H8BrClF3NO2S2/c10-8-6(11)3-7(18-8)19(16,17)15(5-1-2-5)4-9(12,13)14/h3,5H,1-2,4H2. The maximum atomic E-state index is 12.5.